The van der Waals surface area contributed by atoms with Gasteiger partial charge in [-0.1, -0.05) is 341 Å². The molecule has 0 bridgehead atoms. The van der Waals surface area contributed by atoms with Gasteiger partial charge in [0.1, 0.15) is 0 Å². The normalized spacial score (nSPS) is 12.6. The minimum absolute atomic E-state index is 0.0188. The molecule has 6 nitrogen and oxygen atoms in total. The van der Waals surface area contributed by atoms with Crippen LogP contribution in [-0.4, -0.2) is 47.4 Å². The lowest BCUT2D eigenvalue weighted by Crippen LogP contribution is -2.45. The van der Waals surface area contributed by atoms with E-state index in [-0.39, 0.29) is 18.5 Å². The minimum Gasteiger partial charge on any atom is -0.466 e. The predicted octanol–water partition coefficient (Wildman–Crippen LogP) is 20.8. The van der Waals surface area contributed by atoms with Gasteiger partial charge in [0, 0.05) is 12.8 Å². The highest BCUT2D eigenvalue weighted by Gasteiger charge is 2.18. The lowest BCUT2D eigenvalue weighted by molar-refractivity contribution is -0.143. The monoisotopic (exact) mass is 1020 g/mol. The molecular weight excluding hydrogens is 887 g/mol. The largest absolute Gasteiger partial charge is 0.466 e. The van der Waals surface area contributed by atoms with Gasteiger partial charge < -0.3 is 20.3 Å². The van der Waals surface area contributed by atoms with Gasteiger partial charge in [-0.3, -0.25) is 9.59 Å². The molecule has 6 heteroatoms. The van der Waals surface area contributed by atoms with E-state index in [0.29, 0.717) is 19.4 Å². The molecule has 3 N–H and O–H groups in total. The van der Waals surface area contributed by atoms with E-state index in [1.165, 1.54) is 308 Å². The Morgan fingerprint density at radius 1 is 0.375 bits per heavy atom. The second kappa shape index (κ2) is 62.1. The summed E-state index contributed by atoms with van der Waals surface area (Å²) in [6, 6.07) is -0.624. The average molecular weight is 1020 g/mol. The van der Waals surface area contributed by atoms with Crippen molar-refractivity contribution < 1.29 is 24.5 Å². The van der Waals surface area contributed by atoms with Crippen LogP contribution in [0.3, 0.4) is 0 Å². The van der Waals surface area contributed by atoms with Gasteiger partial charge in [0.15, 0.2) is 0 Å². The number of carbonyl (C=O) groups excluding carboxylic acids is 2. The van der Waals surface area contributed by atoms with Crippen LogP contribution in [0.5, 0.6) is 0 Å². The van der Waals surface area contributed by atoms with Gasteiger partial charge in [-0.05, 0) is 32.1 Å². The first kappa shape index (κ1) is 70.6. The first-order chi connectivity index (χ1) is 35.5. The molecule has 72 heavy (non-hydrogen) atoms. The van der Waals surface area contributed by atoms with Gasteiger partial charge in [-0.15, -0.1) is 0 Å². The van der Waals surface area contributed by atoms with Crippen LogP contribution in [0, 0.1) is 0 Å². The molecule has 0 spiro atoms. The van der Waals surface area contributed by atoms with E-state index >= 15 is 0 Å². The van der Waals surface area contributed by atoms with Crippen molar-refractivity contribution in [1.82, 2.24) is 5.32 Å². The molecule has 0 fully saturated rings. The fraction of sp³-hybridized carbons (Fsp3) is 0.939. The number of carbonyl (C=O) groups is 2. The zero-order valence-corrected chi connectivity index (χ0v) is 48.9. The molecule has 1 amide bonds. The van der Waals surface area contributed by atoms with Gasteiger partial charge in [-0.2, -0.15) is 0 Å². The standard InChI is InChI=1S/C66H129NO5/c1-3-5-7-9-11-13-15-16-17-32-35-39-42-46-50-54-58-64(69)63(62-68)67-65(70)59-55-51-47-43-40-36-33-30-28-26-24-22-20-18-19-21-23-25-27-29-31-34-37-41-45-49-53-57-61-72-66(71)60-56-52-48-44-38-14-12-10-8-6-4-2/h54,58,63-64,68-69H,3-53,55-57,59-62H2,1-2H3,(H,67,70)/b58-54+. The first-order valence-electron chi connectivity index (χ1n) is 33.0. The molecule has 0 heterocycles. The number of unbranched alkanes of at least 4 members (excludes halogenated alkanes) is 51. The Morgan fingerprint density at radius 3 is 0.944 bits per heavy atom. The zero-order chi connectivity index (χ0) is 52.2. The van der Waals surface area contributed by atoms with Gasteiger partial charge >= 0.3 is 5.97 Å². The molecular formula is C66H129NO5. The lowest BCUT2D eigenvalue weighted by Gasteiger charge is -2.20. The Bertz CT molecular complexity index is 1080. The summed E-state index contributed by atoms with van der Waals surface area (Å²) >= 11 is 0. The number of aliphatic hydroxyl groups is 2. The maximum Gasteiger partial charge on any atom is 0.305 e. The van der Waals surface area contributed by atoms with E-state index in [1.807, 2.05) is 6.08 Å². The van der Waals surface area contributed by atoms with Crippen molar-refractivity contribution in [3.05, 3.63) is 12.2 Å². The molecule has 0 aliphatic heterocycles. The number of ether oxygens (including phenoxy) is 1. The highest BCUT2D eigenvalue weighted by atomic mass is 16.5. The fourth-order valence-electron chi connectivity index (χ4n) is 10.5. The van der Waals surface area contributed by atoms with Crippen molar-refractivity contribution in [1.29, 1.82) is 0 Å². The van der Waals surface area contributed by atoms with Crippen LogP contribution in [0.15, 0.2) is 12.2 Å². The highest BCUT2D eigenvalue weighted by molar-refractivity contribution is 5.76. The summed E-state index contributed by atoms with van der Waals surface area (Å²) in [5.41, 5.74) is 0. The summed E-state index contributed by atoms with van der Waals surface area (Å²) < 4.78 is 5.47. The van der Waals surface area contributed by atoms with E-state index in [2.05, 4.69) is 19.2 Å². The number of esters is 1. The smallest absolute Gasteiger partial charge is 0.305 e. The van der Waals surface area contributed by atoms with Crippen LogP contribution in [0.25, 0.3) is 0 Å². The topological polar surface area (TPSA) is 95.9 Å². The van der Waals surface area contributed by atoms with Gasteiger partial charge in [0.05, 0.1) is 25.4 Å². The van der Waals surface area contributed by atoms with Crippen LogP contribution in [-0.2, 0) is 14.3 Å². The lowest BCUT2D eigenvalue weighted by atomic mass is 10.0. The van der Waals surface area contributed by atoms with Crippen LogP contribution in [0.4, 0.5) is 0 Å². The van der Waals surface area contributed by atoms with Crippen molar-refractivity contribution >= 4 is 11.9 Å². The summed E-state index contributed by atoms with van der Waals surface area (Å²) in [7, 11) is 0. The average Bonchev–Trinajstić information content (AvgIpc) is 3.38. The number of amides is 1. The van der Waals surface area contributed by atoms with Crippen LogP contribution < -0.4 is 5.32 Å². The third kappa shape index (κ3) is 57.9. The van der Waals surface area contributed by atoms with Gasteiger partial charge in [0.2, 0.25) is 5.91 Å². The molecule has 0 rings (SSSR count). The maximum atomic E-state index is 12.5. The SMILES string of the molecule is CCCCCCCCCCCCCCCC/C=C/C(O)C(CO)NC(=O)CCCCCCCCCCCCCCCCCCCCCCCCCCCCCCOC(=O)CCCCCCCCCCCCC. The van der Waals surface area contributed by atoms with Crippen LogP contribution >= 0.6 is 0 Å². The Hall–Kier alpha value is -1.40. The van der Waals surface area contributed by atoms with Crippen molar-refractivity contribution in [3.63, 3.8) is 0 Å². The Kier molecular flexibility index (Phi) is 60.9. The maximum absolute atomic E-state index is 12.5. The molecule has 2 atom stereocenters. The quantitative estimate of drug-likeness (QED) is 0.0320. The van der Waals surface area contributed by atoms with Gasteiger partial charge in [-0.25, -0.2) is 0 Å². The van der Waals surface area contributed by atoms with E-state index < -0.39 is 12.1 Å². The molecule has 0 aromatic rings. The molecule has 428 valence electrons. The summed E-state index contributed by atoms with van der Waals surface area (Å²) in [6.45, 7) is 4.93. The third-order valence-corrected chi connectivity index (χ3v) is 15.6. The minimum atomic E-state index is -0.841. The zero-order valence-electron chi connectivity index (χ0n) is 48.9. The number of aliphatic hydroxyl groups excluding tert-OH is 2. The molecule has 0 aliphatic carbocycles. The van der Waals surface area contributed by atoms with E-state index in [1.54, 1.807) is 6.08 Å². The molecule has 0 aromatic heterocycles. The van der Waals surface area contributed by atoms with Crippen molar-refractivity contribution in [3.8, 4) is 0 Å². The molecule has 0 saturated heterocycles. The molecule has 0 saturated carbocycles. The van der Waals surface area contributed by atoms with E-state index in [0.717, 1.165) is 38.5 Å². The fourth-order valence-corrected chi connectivity index (χ4v) is 10.5. The van der Waals surface area contributed by atoms with Crippen LogP contribution in [0.1, 0.15) is 373 Å². The van der Waals surface area contributed by atoms with Gasteiger partial charge in [0.25, 0.3) is 0 Å². The second-order valence-corrected chi connectivity index (χ2v) is 22.8. The Morgan fingerprint density at radius 2 is 0.639 bits per heavy atom. The molecule has 0 radical (unpaired) electrons. The Labute approximate surface area is 450 Å². The number of rotatable bonds is 62. The van der Waals surface area contributed by atoms with Crippen molar-refractivity contribution in [2.45, 2.75) is 386 Å². The number of hydrogen-bond acceptors (Lipinski definition) is 5. The Balaban J connectivity index is 3.36. The molecule has 2 unspecified atom stereocenters. The number of nitrogens with one attached hydrogen (secondary N) is 1. The third-order valence-electron chi connectivity index (χ3n) is 15.6. The summed E-state index contributed by atoms with van der Waals surface area (Å²) in [4.78, 5) is 24.5. The predicted molar refractivity (Wildman–Crippen MR) is 315 cm³/mol. The number of hydrogen-bond donors (Lipinski definition) is 3. The van der Waals surface area contributed by atoms with Crippen molar-refractivity contribution in [2.24, 2.45) is 0 Å². The second-order valence-electron chi connectivity index (χ2n) is 22.8. The van der Waals surface area contributed by atoms with E-state index in [4.69, 9.17) is 4.74 Å². The number of allylic oxidation sites excluding steroid dienone is 1. The van der Waals surface area contributed by atoms with E-state index in [9.17, 15) is 19.8 Å². The summed E-state index contributed by atoms with van der Waals surface area (Å²) in [5, 5.41) is 23.2. The summed E-state index contributed by atoms with van der Waals surface area (Å²) in [5.74, 6) is -0.0431. The van der Waals surface area contributed by atoms with Crippen LogP contribution in [0.2, 0.25) is 0 Å². The van der Waals surface area contributed by atoms with Crippen molar-refractivity contribution in [2.75, 3.05) is 13.2 Å². The first-order valence-corrected chi connectivity index (χ1v) is 33.0. The summed E-state index contributed by atoms with van der Waals surface area (Å²) in [6.07, 6.45) is 75.6. The molecule has 0 aromatic carbocycles. The highest BCUT2D eigenvalue weighted by Crippen LogP contribution is 2.19. The molecule has 0 aliphatic rings.